The number of hydrogen-bond donors (Lipinski definition) is 1. The summed E-state index contributed by atoms with van der Waals surface area (Å²) in [6.07, 6.45) is 3.78. The minimum Gasteiger partial charge on any atom is -0.399 e. The van der Waals surface area contributed by atoms with Gasteiger partial charge in [0.25, 0.3) is 0 Å². The van der Waals surface area contributed by atoms with E-state index in [0.29, 0.717) is 0 Å². The lowest BCUT2D eigenvalue weighted by molar-refractivity contribution is 1.02. The zero-order valence-electron chi connectivity index (χ0n) is 9.08. The zero-order chi connectivity index (χ0) is 11.7. The third-order valence-electron chi connectivity index (χ3n) is 2.49. The number of nitrogens with zero attached hydrogens (tertiary/aromatic N) is 2. The maximum atomic E-state index is 5.67. The van der Waals surface area contributed by atoms with Gasteiger partial charge in [0.15, 0.2) is 0 Å². The molecule has 2 aromatic heterocycles. The molecule has 0 atom stereocenters. The highest BCUT2D eigenvalue weighted by atomic mass is 32.2. The Morgan fingerprint density at radius 2 is 1.88 bits per heavy atom. The van der Waals surface area contributed by atoms with Crippen LogP contribution in [0.4, 0.5) is 5.69 Å². The molecule has 0 saturated heterocycles. The number of imidazole rings is 1. The summed E-state index contributed by atoms with van der Waals surface area (Å²) < 4.78 is 2.07. The lowest BCUT2D eigenvalue weighted by Crippen LogP contribution is -1.88. The molecule has 0 radical (unpaired) electrons. The predicted molar refractivity (Wildman–Crippen MR) is 70.2 cm³/mol. The van der Waals surface area contributed by atoms with Crippen molar-refractivity contribution < 1.29 is 0 Å². The summed E-state index contributed by atoms with van der Waals surface area (Å²) in [5.74, 6) is 0. The van der Waals surface area contributed by atoms with Crippen LogP contribution in [0.15, 0.2) is 64.8 Å². The number of anilines is 1. The van der Waals surface area contributed by atoms with E-state index in [9.17, 15) is 0 Å². The summed E-state index contributed by atoms with van der Waals surface area (Å²) in [6.45, 7) is 0. The van der Waals surface area contributed by atoms with Crippen molar-refractivity contribution in [2.24, 2.45) is 0 Å². The van der Waals surface area contributed by atoms with Gasteiger partial charge in [-0.25, -0.2) is 4.98 Å². The van der Waals surface area contributed by atoms with Crippen LogP contribution in [0, 0.1) is 0 Å². The number of aromatic nitrogens is 2. The number of hydrogen-bond acceptors (Lipinski definition) is 3. The van der Waals surface area contributed by atoms with Crippen molar-refractivity contribution in [1.82, 2.24) is 9.38 Å². The van der Waals surface area contributed by atoms with Crippen molar-refractivity contribution in [3.8, 4) is 0 Å². The SMILES string of the molecule is Nc1ccc(Sc2cccc3nccn23)cc1. The van der Waals surface area contributed by atoms with E-state index < -0.39 is 0 Å². The smallest absolute Gasteiger partial charge is 0.137 e. The Kier molecular flexibility index (Phi) is 2.49. The molecule has 3 nitrogen and oxygen atoms in total. The molecule has 0 spiro atoms. The highest BCUT2D eigenvalue weighted by molar-refractivity contribution is 7.99. The van der Waals surface area contributed by atoms with Gasteiger partial charge in [-0.2, -0.15) is 0 Å². The number of nitrogen functional groups attached to an aromatic ring is 1. The number of pyridine rings is 1. The molecule has 4 heteroatoms. The Bertz CT molecular complexity index is 643. The lowest BCUT2D eigenvalue weighted by Gasteiger charge is -2.05. The van der Waals surface area contributed by atoms with Gasteiger partial charge in [-0.1, -0.05) is 17.8 Å². The van der Waals surface area contributed by atoms with Crippen LogP contribution in [0.25, 0.3) is 5.65 Å². The maximum absolute atomic E-state index is 5.67. The molecule has 84 valence electrons. The number of benzene rings is 1. The molecule has 0 saturated carbocycles. The fourth-order valence-electron chi connectivity index (χ4n) is 1.66. The molecule has 0 fully saturated rings. The largest absolute Gasteiger partial charge is 0.399 e. The van der Waals surface area contributed by atoms with Crippen molar-refractivity contribution in [2.75, 3.05) is 5.73 Å². The molecule has 17 heavy (non-hydrogen) atoms. The van der Waals surface area contributed by atoms with Gasteiger partial charge in [0.1, 0.15) is 5.65 Å². The second kappa shape index (κ2) is 4.14. The first-order valence-electron chi connectivity index (χ1n) is 5.28. The van der Waals surface area contributed by atoms with E-state index in [1.807, 2.05) is 48.8 Å². The first-order valence-corrected chi connectivity index (χ1v) is 6.10. The molecule has 3 rings (SSSR count). The van der Waals surface area contributed by atoms with Gasteiger partial charge in [0.05, 0.1) is 5.03 Å². The van der Waals surface area contributed by atoms with Gasteiger partial charge < -0.3 is 5.73 Å². The monoisotopic (exact) mass is 241 g/mol. The van der Waals surface area contributed by atoms with E-state index in [1.165, 1.54) is 4.90 Å². The topological polar surface area (TPSA) is 43.3 Å². The number of nitrogens with two attached hydrogens (primary N) is 1. The standard InChI is InChI=1S/C13H11N3S/c14-10-4-6-11(7-5-10)17-13-3-1-2-12-15-8-9-16(12)13/h1-9H,14H2. The van der Waals surface area contributed by atoms with Crippen molar-refractivity contribution >= 4 is 23.1 Å². The average molecular weight is 241 g/mol. The maximum Gasteiger partial charge on any atom is 0.137 e. The van der Waals surface area contributed by atoms with E-state index >= 15 is 0 Å². The third-order valence-corrected chi connectivity index (χ3v) is 3.54. The van der Waals surface area contributed by atoms with Crippen LogP contribution in [0.3, 0.4) is 0 Å². The van der Waals surface area contributed by atoms with E-state index in [4.69, 9.17) is 5.73 Å². The van der Waals surface area contributed by atoms with Gasteiger partial charge in [0.2, 0.25) is 0 Å². The number of rotatable bonds is 2. The summed E-state index contributed by atoms with van der Waals surface area (Å²) in [5, 5.41) is 1.14. The van der Waals surface area contributed by atoms with E-state index in [2.05, 4.69) is 15.5 Å². The van der Waals surface area contributed by atoms with Crippen molar-refractivity contribution in [3.05, 3.63) is 54.9 Å². The lowest BCUT2D eigenvalue weighted by atomic mass is 10.3. The summed E-state index contributed by atoms with van der Waals surface area (Å²) in [6, 6.07) is 14.0. The Morgan fingerprint density at radius 3 is 2.71 bits per heavy atom. The minimum atomic E-state index is 0.787. The average Bonchev–Trinajstić information content (AvgIpc) is 2.81. The molecule has 2 N–H and O–H groups in total. The highest BCUT2D eigenvalue weighted by Crippen LogP contribution is 2.28. The quantitative estimate of drug-likeness (QED) is 0.701. The van der Waals surface area contributed by atoms with Gasteiger partial charge in [-0.3, -0.25) is 4.40 Å². The Hall–Kier alpha value is -1.94. The second-order valence-corrected chi connectivity index (χ2v) is 4.78. The minimum absolute atomic E-state index is 0.787. The van der Waals surface area contributed by atoms with Gasteiger partial charge in [0, 0.05) is 23.0 Å². The molecule has 0 unspecified atom stereocenters. The van der Waals surface area contributed by atoms with Gasteiger partial charge >= 0.3 is 0 Å². The molecule has 3 aromatic rings. The zero-order valence-corrected chi connectivity index (χ0v) is 9.89. The van der Waals surface area contributed by atoms with Crippen LogP contribution in [0.5, 0.6) is 0 Å². The summed E-state index contributed by atoms with van der Waals surface area (Å²) in [7, 11) is 0. The first-order chi connectivity index (χ1) is 8.33. The summed E-state index contributed by atoms with van der Waals surface area (Å²) in [4.78, 5) is 5.43. The van der Waals surface area contributed by atoms with Crippen LogP contribution in [-0.4, -0.2) is 9.38 Å². The fourth-order valence-corrected chi connectivity index (χ4v) is 2.57. The van der Waals surface area contributed by atoms with E-state index in [-0.39, 0.29) is 0 Å². The van der Waals surface area contributed by atoms with Crippen LogP contribution < -0.4 is 5.73 Å². The normalized spacial score (nSPS) is 10.8. The molecule has 0 aliphatic carbocycles. The molecule has 0 aliphatic heterocycles. The van der Waals surface area contributed by atoms with Gasteiger partial charge in [-0.15, -0.1) is 0 Å². The van der Waals surface area contributed by atoms with Crippen molar-refractivity contribution in [1.29, 1.82) is 0 Å². The molecule has 0 amide bonds. The van der Waals surface area contributed by atoms with Crippen LogP contribution >= 0.6 is 11.8 Å². The molecule has 0 aliphatic rings. The third kappa shape index (κ3) is 1.99. The van der Waals surface area contributed by atoms with E-state index in [0.717, 1.165) is 16.4 Å². The highest BCUT2D eigenvalue weighted by Gasteiger charge is 2.02. The predicted octanol–water partition coefficient (Wildman–Crippen LogP) is 3.07. The Balaban J connectivity index is 1.99. The fraction of sp³-hybridized carbons (Fsp3) is 0. The summed E-state index contributed by atoms with van der Waals surface area (Å²) >= 11 is 1.70. The van der Waals surface area contributed by atoms with Crippen LogP contribution in [0.2, 0.25) is 0 Å². The van der Waals surface area contributed by atoms with Crippen molar-refractivity contribution in [3.63, 3.8) is 0 Å². The molecule has 0 bridgehead atoms. The first kappa shape index (κ1) is 10.2. The molecular formula is C13H11N3S. The van der Waals surface area contributed by atoms with Gasteiger partial charge in [-0.05, 0) is 36.4 Å². The second-order valence-electron chi connectivity index (χ2n) is 3.69. The molecular weight excluding hydrogens is 230 g/mol. The van der Waals surface area contributed by atoms with E-state index in [1.54, 1.807) is 11.8 Å². The Morgan fingerprint density at radius 1 is 1.06 bits per heavy atom. The molecule has 1 aromatic carbocycles. The number of fused-ring (bicyclic) bond motifs is 1. The summed E-state index contributed by atoms with van der Waals surface area (Å²) in [5.41, 5.74) is 7.42. The molecule has 2 heterocycles. The van der Waals surface area contributed by atoms with Crippen LogP contribution in [0.1, 0.15) is 0 Å². The van der Waals surface area contributed by atoms with Crippen LogP contribution in [-0.2, 0) is 0 Å². The van der Waals surface area contributed by atoms with Crippen molar-refractivity contribution in [2.45, 2.75) is 9.92 Å². The Labute approximate surface area is 103 Å².